The number of hydrogen-bond donors (Lipinski definition) is 6. The third kappa shape index (κ3) is 23.0. The van der Waals surface area contributed by atoms with Crippen molar-refractivity contribution in [2.45, 2.75) is 229 Å². The molecule has 11 amide bonds. The lowest BCUT2D eigenvalue weighted by Gasteiger charge is -2.41. The second kappa shape index (κ2) is 37.1. The summed E-state index contributed by atoms with van der Waals surface area (Å²) in [7, 11) is 9.87. The number of nitrogens with zero attached hydrogens (tertiary/aromatic N) is 7. The van der Waals surface area contributed by atoms with Gasteiger partial charge in [0.2, 0.25) is 65.0 Å². The fraction of sp³-hybridized carbons (Fsp3) is 0.797. The number of aliphatic hydroxyl groups is 2. The van der Waals surface area contributed by atoms with Gasteiger partial charge in [0, 0.05) is 55.9 Å². The maximum atomic E-state index is 15.2. The summed E-state index contributed by atoms with van der Waals surface area (Å²) in [5, 5.41) is 32.5. The van der Waals surface area contributed by atoms with Crippen LogP contribution in [0.5, 0.6) is 0 Å². The van der Waals surface area contributed by atoms with E-state index in [4.69, 9.17) is 0 Å². The largest absolute Gasteiger partial charge is 0.396 e. The predicted octanol–water partition coefficient (Wildman–Crippen LogP) is 3.02. The van der Waals surface area contributed by atoms with Crippen molar-refractivity contribution in [2.24, 2.45) is 41.4 Å². The molecule has 0 spiro atoms. The van der Waals surface area contributed by atoms with Crippen LogP contribution in [-0.4, -0.2) is 238 Å². The van der Waals surface area contributed by atoms with E-state index in [0.717, 1.165) is 9.80 Å². The number of unbranched alkanes of at least 4 members (excludes halogenated alkanes) is 1. The maximum Gasteiger partial charge on any atom is 0.246 e. The van der Waals surface area contributed by atoms with Crippen LogP contribution >= 0.6 is 0 Å². The van der Waals surface area contributed by atoms with Crippen molar-refractivity contribution < 1.29 is 63.0 Å². The van der Waals surface area contributed by atoms with Crippen molar-refractivity contribution in [3.8, 4) is 0 Å². The van der Waals surface area contributed by atoms with Crippen molar-refractivity contribution in [1.82, 2.24) is 55.6 Å². The Bertz CT molecular complexity index is 2380. The first-order valence-corrected chi connectivity index (χ1v) is 31.7. The molecule has 0 unspecified atom stereocenters. The van der Waals surface area contributed by atoms with Gasteiger partial charge in [0.1, 0.15) is 60.4 Å². The van der Waals surface area contributed by atoms with Crippen LogP contribution in [0.2, 0.25) is 0 Å². The number of rotatable bonds is 18. The highest BCUT2D eigenvalue weighted by Gasteiger charge is 2.45. The summed E-state index contributed by atoms with van der Waals surface area (Å²) in [6.07, 6.45) is 3.98. The van der Waals surface area contributed by atoms with Crippen molar-refractivity contribution in [3.05, 3.63) is 12.2 Å². The molecule has 24 nitrogen and oxygen atoms in total. The highest BCUT2D eigenvalue weighted by molar-refractivity contribution is 5.99. The van der Waals surface area contributed by atoms with Crippen LogP contribution in [-0.2, 0) is 52.7 Å². The zero-order valence-corrected chi connectivity index (χ0v) is 57.6. The van der Waals surface area contributed by atoms with Crippen LogP contribution in [0.4, 0.5) is 0 Å². The Balaban J connectivity index is 4.34. The van der Waals surface area contributed by atoms with Gasteiger partial charge < -0.3 is 65.8 Å². The van der Waals surface area contributed by atoms with Crippen molar-refractivity contribution in [3.63, 3.8) is 0 Å². The topological polar surface area (TPSA) is 299 Å². The number of carbonyl (C=O) groups excluding carboxylic acids is 11. The smallest absolute Gasteiger partial charge is 0.246 e. The molecule has 12 atom stereocenters. The molecule has 0 aromatic heterocycles. The average molecular weight is 1250 g/mol. The summed E-state index contributed by atoms with van der Waals surface area (Å²) in [6, 6.07) is -12.5. The quantitative estimate of drug-likeness (QED) is 0.0851. The highest BCUT2D eigenvalue weighted by Crippen LogP contribution is 2.26. The first-order valence-electron chi connectivity index (χ1n) is 31.7. The Morgan fingerprint density at radius 3 is 1.36 bits per heavy atom. The molecule has 0 aromatic carbocycles. The molecule has 1 saturated heterocycles. The molecule has 0 bridgehead atoms. The van der Waals surface area contributed by atoms with Crippen LogP contribution in [0, 0.1) is 41.4 Å². The maximum absolute atomic E-state index is 15.2. The van der Waals surface area contributed by atoms with E-state index < -0.39 is 156 Å². The molecule has 1 heterocycles. The van der Waals surface area contributed by atoms with Crippen molar-refractivity contribution in [1.29, 1.82) is 0 Å². The van der Waals surface area contributed by atoms with Crippen LogP contribution < -0.4 is 21.3 Å². The van der Waals surface area contributed by atoms with Crippen LogP contribution in [0.15, 0.2) is 12.2 Å². The molecule has 88 heavy (non-hydrogen) atoms. The SMILES string of the molecule is CC[C@@H]1NC(=O)[C@H]([C@H](O)[C@H](C)C/C=C/CCCO)N(C)C(=O)[C@H](C(C)C)N(C)C(=O)[C@H](CC(C)C)N(C)C(=O)[C@H](CC(C)C)N(C)C(=O)[C@@H](C)NC(=O)[C@H](C)NC(=O)[C@H](CC(C)C)N(C)C(=O)[C@H](C(C)C)NC(=O)[C@H](CC(C)C)N(C)C(=O)CN(C)C1=O. The third-order valence-electron chi connectivity index (χ3n) is 16.5. The minimum atomic E-state index is -1.65. The van der Waals surface area contributed by atoms with E-state index in [9.17, 15) is 53.4 Å². The van der Waals surface area contributed by atoms with Gasteiger partial charge in [-0.3, -0.25) is 52.7 Å². The summed E-state index contributed by atoms with van der Waals surface area (Å²) < 4.78 is 0. The van der Waals surface area contributed by atoms with Crippen molar-refractivity contribution >= 4 is 65.0 Å². The molecule has 24 heteroatoms. The average Bonchev–Trinajstić information content (AvgIpc) is 3.66. The van der Waals surface area contributed by atoms with Crippen LogP contribution in [0.1, 0.15) is 162 Å². The molecule has 1 rings (SSSR count). The highest BCUT2D eigenvalue weighted by atomic mass is 16.3. The minimum Gasteiger partial charge on any atom is -0.396 e. The van der Waals surface area contributed by atoms with E-state index in [-0.39, 0.29) is 68.8 Å². The number of amides is 11. The van der Waals surface area contributed by atoms with E-state index in [1.165, 1.54) is 87.7 Å². The van der Waals surface area contributed by atoms with E-state index in [0.29, 0.717) is 12.8 Å². The zero-order chi connectivity index (χ0) is 68.1. The van der Waals surface area contributed by atoms with Gasteiger partial charge >= 0.3 is 0 Å². The van der Waals surface area contributed by atoms with E-state index in [1.54, 1.807) is 47.6 Å². The molecule has 6 N–H and O–H groups in total. The fourth-order valence-electron chi connectivity index (χ4n) is 11.0. The van der Waals surface area contributed by atoms with Gasteiger partial charge in [-0.15, -0.1) is 0 Å². The minimum absolute atomic E-state index is 0.00404. The molecular formula is C64H115N11O13. The summed E-state index contributed by atoms with van der Waals surface area (Å²) in [5.41, 5.74) is 0. The van der Waals surface area contributed by atoms with Crippen LogP contribution in [0.25, 0.3) is 0 Å². The molecule has 504 valence electrons. The second-order valence-electron chi connectivity index (χ2n) is 26.9. The lowest BCUT2D eigenvalue weighted by Crippen LogP contribution is -2.63. The van der Waals surface area contributed by atoms with E-state index in [2.05, 4.69) is 21.3 Å². The zero-order valence-electron chi connectivity index (χ0n) is 57.6. The van der Waals surface area contributed by atoms with Gasteiger partial charge in [0.25, 0.3) is 0 Å². The predicted molar refractivity (Wildman–Crippen MR) is 339 cm³/mol. The molecule has 0 aromatic rings. The lowest BCUT2D eigenvalue weighted by molar-refractivity contribution is -0.157. The molecule has 0 saturated carbocycles. The van der Waals surface area contributed by atoms with Gasteiger partial charge in [0.15, 0.2) is 0 Å². The number of aliphatic hydroxyl groups excluding tert-OH is 2. The molecule has 0 radical (unpaired) electrons. The Morgan fingerprint density at radius 2 is 0.898 bits per heavy atom. The van der Waals surface area contributed by atoms with Crippen LogP contribution in [0.3, 0.4) is 0 Å². The number of allylic oxidation sites excluding steroid dienone is 2. The normalized spacial score (nSPS) is 26.4. The molecular weight excluding hydrogens is 1130 g/mol. The first-order chi connectivity index (χ1) is 40.7. The number of nitrogens with one attached hydrogen (secondary N) is 4. The Labute approximate surface area is 526 Å². The second-order valence-corrected chi connectivity index (χ2v) is 26.9. The first kappa shape index (κ1) is 79.8. The Morgan fingerprint density at radius 1 is 0.466 bits per heavy atom. The molecule has 1 aliphatic heterocycles. The monoisotopic (exact) mass is 1250 g/mol. The van der Waals surface area contributed by atoms with Gasteiger partial charge in [-0.25, -0.2) is 0 Å². The van der Waals surface area contributed by atoms with E-state index >= 15 is 9.59 Å². The third-order valence-corrected chi connectivity index (χ3v) is 16.5. The summed E-state index contributed by atoms with van der Waals surface area (Å²) in [4.78, 5) is 169. The number of hydrogen-bond acceptors (Lipinski definition) is 13. The standard InChI is InChI=1S/C64H115N11O13/c1-24-45-60(84)69(17)35-50(77)70(18)46(31-36(2)3)57(81)68-51(40(10)11)63(87)71(19)47(32-37(4)5)56(80)65-43(15)55(79)66-44(16)59(83)72(20)48(33-38(6)7)61(85)73(21)49(34-39(8)9)62(86)74(22)52(41(12)13)64(88)75(23)53(58(82)67-45)54(78)42(14)29-27-25-26-28-30-76/h25,27,36-49,51-54,76,78H,24,26,28-35H2,1-23H3,(H,65,80)(H,66,79)(H,67,82)(H,68,81)/b27-25+/t42-,43+,44-,45+,46+,47+,48+,49+,51+,52+,53+,54-/m1/s1. The van der Waals surface area contributed by atoms with Crippen molar-refractivity contribution in [2.75, 3.05) is 62.5 Å². The van der Waals surface area contributed by atoms with E-state index in [1.807, 2.05) is 61.5 Å². The Kier molecular flexibility index (Phi) is 33.7. The van der Waals surface area contributed by atoms with Gasteiger partial charge in [0.05, 0.1) is 12.6 Å². The molecule has 1 aliphatic rings. The Hall–Kier alpha value is -6.17. The number of likely N-dealkylation sites (N-methyl/N-ethyl adjacent to an activating group) is 7. The number of carbonyl (C=O) groups is 11. The molecule has 0 aliphatic carbocycles. The summed E-state index contributed by atoms with van der Waals surface area (Å²) >= 11 is 0. The van der Waals surface area contributed by atoms with Gasteiger partial charge in [-0.1, -0.05) is 109 Å². The lowest BCUT2D eigenvalue weighted by atomic mass is 9.91. The fourth-order valence-corrected chi connectivity index (χ4v) is 11.0. The van der Waals surface area contributed by atoms with Gasteiger partial charge in [-0.2, -0.15) is 0 Å². The van der Waals surface area contributed by atoms with Gasteiger partial charge in [-0.05, 0) is 107 Å². The summed E-state index contributed by atoms with van der Waals surface area (Å²) in [6.45, 7) is 27.4. The molecule has 1 fully saturated rings. The summed E-state index contributed by atoms with van der Waals surface area (Å²) in [5.74, 6) is -9.97.